The Morgan fingerprint density at radius 1 is 1.22 bits per heavy atom. The summed E-state index contributed by atoms with van der Waals surface area (Å²) in [5.74, 6) is 1.07. The lowest BCUT2D eigenvalue weighted by Crippen LogP contribution is -2.34. The summed E-state index contributed by atoms with van der Waals surface area (Å²) in [5.41, 5.74) is 1.34. The summed E-state index contributed by atoms with van der Waals surface area (Å²) in [4.78, 5) is 0. The van der Waals surface area contributed by atoms with Crippen LogP contribution in [0.25, 0.3) is 0 Å². The summed E-state index contributed by atoms with van der Waals surface area (Å²) in [6.07, 6.45) is 7.34. The topological polar surface area (TPSA) is 21.3 Å². The van der Waals surface area contributed by atoms with Gasteiger partial charge in [0.2, 0.25) is 0 Å². The first-order valence-electron chi connectivity index (χ1n) is 6.87. The summed E-state index contributed by atoms with van der Waals surface area (Å²) in [6, 6.07) is 9.64. The molecule has 98 valence electrons. The van der Waals surface area contributed by atoms with Crippen LogP contribution in [0.4, 0.5) is 0 Å². The average molecular weight is 263 g/mol. The van der Waals surface area contributed by atoms with Crippen molar-refractivity contribution >= 4 is 11.8 Å². The molecular formula is C15H21NOS. The highest BCUT2D eigenvalue weighted by molar-refractivity contribution is 7.99. The van der Waals surface area contributed by atoms with E-state index in [4.69, 9.17) is 4.74 Å². The van der Waals surface area contributed by atoms with E-state index in [0.717, 1.165) is 24.0 Å². The summed E-state index contributed by atoms with van der Waals surface area (Å²) >= 11 is 2.02. The number of benzene rings is 1. The van der Waals surface area contributed by atoms with Gasteiger partial charge in [-0.2, -0.15) is 11.8 Å². The van der Waals surface area contributed by atoms with Crippen LogP contribution in [0.5, 0.6) is 5.75 Å². The fourth-order valence-corrected chi connectivity index (χ4v) is 3.90. The normalized spacial score (nSPS) is 30.8. The molecule has 18 heavy (non-hydrogen) atoms. The maximum Gasteiger partial charge on any atom is 0.124 e. The molecule has 1 aromatic carbocycles. The molecule has 3 rings (SSSR count). The van der Waals surface area contributed by atoms with Crippen molar-refractivity contribution < 1.29 is 4.74 Å². The van der Waals surface area contributed by atoms with Crippen molar-refractivity contribution in [1.82, 2.24) is 5.32 Å². The molecule has 2 aliphatic rings. The molecule has 1 aromatic rings. The minimum Gasteiger partial charge on any atom is -0.493 e. The second-order valence-electron chi connectivity index (χ2n) is 5.26. The Hall–Kier alpha value is -0.670. The zero-order chi connectivity index (χ0) is 12.4. The molecular weight excluding hydrogens is 242 g/mol. The van der Waals surface area contributed by atoms with E-state index in [9.17, 15) is 0 Å². The van der Waals surface area contributed by atoms with Crippen LogP contribution >= 0.6 is 11.8 Å². The SMILES string of the molecule is CSC1CCC(NC2CCOc3ccccc32)C1. The number of fused-ring (bicyclic) bond motifs is 1. The van der Waals surface area contributed by atoms with Gasteiger partial charge in [-0.15, -0.1) is 0 Å². The molecule has 1 aliphatic heterocycles. The Bertz CT molecular complexity index is 409. The Morgan fingerprint density at radius 3 is 2.94 bits per heavy atom. The monoisotopic (exact) mass is 263 g/mol. The molecule has 1 fully saturated rings. The van der Waals surface area contributed by atoms with Gasteiger partial charge in [-0.25, -0.2) is 0 Å². The fourth-order valence-electron chi connectivity index (χ4n) is 3.11. The Labute approximate surface area is 113 Å². The van der Waals surface area contributed by atoms with E-state index in [-0.39, 0.29) is 0 Å². The summed E-state index contributed by atoms with van der Waals surface area (Å²) in [7, 11) is 0. The minimum atomic E-state index is 0.487. The third-order valence-corrected chi connectivity index (χ3v) is 5.21. The molecule has 1 heterocycles. The van der Waals surface area contributed by atoms with Crippen LogP contribution < -0.4 is 10.1 Å². The van der Waals surface area contributed by atoms with Crippen molar-refractivity contribution in [2.45, 2.75) is 43.0 Å². The first-order chi connectivity index (χ1) is 8.86. The summed E-state index contributed by atoms with van der Waals surface area (Å²) < 4.78 is 5.72. The largest absolute Gasteiger partial charge is 0.493 e. The molecule has 1 aliphatic carbocycles. The van der Waals surface area contributed by atoms with Gasteiger partial charge in [-0.1, -0.05) is 18.2 Å². The molecule has 0 saturated heterocycles. The number of hydrogen-bond acceptors (Lipinski definition) is 3. The molecule has 3 heteroatoms. The number of para-hydroxylation sites is 1. The van der Waals surface area contributed by atoms with E-state index in [1.807, 2.05) is 11.8 Å². The van der Waals surface area contributed by atoms with Gasteiger partial charge in [-0.05, 0) is 31.6 Å². The average Bonchev–Trinajstić information content (AvgIpc) is 2.87. The zero-order valence-electron chi connectivity index (χ0n) is 10.9. The Balaban J connectivity index is 1.67. The molecule has 0 bridgehead atoms. The highest BCUT2D eigenvalue weighted by Crippen LogP contribution is 2.35. The first-order valence-corrected chi connectivity index (χ1v) is 8.16. The van der Waals surface area contributed by atoms with Crippen LogP contribution in [-0.2, 0) is 0 Å². The van der Waals surface area contributed by atoms with Crippen LogP contribution in [0, 0.1) is 0 Å². The molecule has 3 unspecified atom stereocenters. The first kappa shape index (κ1) is 12.4. The van der Waals surface area contributed by atoms with E-state index in [2.05, 4.69) is 35.8 Å². The third kappa shape index (κ3) is 2.52. The van der Waals surface area contributed by atoms with Crippen molar-refractivity contribution in [3.8, 4) is 5.75 Å². The maximum atomic E-state index is 5.72. The van der Waals surface area contributed by atoms with Crippen molar-refractivity contribution in [2.24, 2.45) is 0 Å². The third-order valence-electron chi connectivity index (χ3n) is 4.11. The predicted molar refractivity (Wildman–Crippen MR) is 77.4 cm³/mol. The van der Waals surface area contributed by atoms with Crippen LogP contribution in [-0.4, -0.2) is 24.2 Å². The predicted octanol–water partition coefficient (Wildman–Crippen LogP) is 3.38. The van der Waals surface area contributed by atoms with Gasteiger partial charge < -0.3 is 10.1 Å². The second kappa shape index (κ2) is 5.54. The molecule has 1 N–H and O–H groups in total. The van der Waals surface area contributed by atoms with Gasteiger partial charge in [0.25, 0.3) is 0 Å². The lowest BCUT2D eigenvalue weighted by molar-refractivity contribution is 0.244. The van der Waals surface area contributed by atoms with E-state index in [1.165, 1.54) is 24.8 Å². The van der Waals surface area contributed by atoms with E-state index >= 15 is 0 Å². The quantitative estimate of drug-likeness (QED) is 0.903. The van der Waals surface area contributed by atoms with Crippen LogP contribution in [0.15, 0.2) is 24.3 Å². The number of hydrogen-bond donors (Lipinski definition) is 1. The van der Waals surface area contributed by atoms with Gasteiger partial charge in [0, 0.05) is 29.3 Å². The smallest absolute Gasteiger partial charge is 0.124 e. The number of thioether (sulfide) groups is 1. The van der Waals surface area contributed by atoms with Crippen molar-refractivity contribution in [2.75, 3.05) is 12.9 Å². The van der Waals surface area contributed by atoms with Crippen LogP contribution in [0.2, 0.25) is 0 Å². The fraction of sp³-hybridized carbons (Fsp3) is 0.600. The molecule has 0 radical (unpaired) electrons. The number of nitrogens with one attached hydrogen (secondary N) is 1. The van der Waals surface area contributed by atoms with Crippen LogP contribution in [0.1, 0.15) is 37.3 Å². The summed E-state index contributed by atoms with van der Waals surface area (Å²) in [6.45, 7) is 0.841. The second-order valence-corrected chi connectivity index (χ2v) is 6.40. The van der Waals surface area contributed by atoms with Crippen LogP contribution in [0.3, 0.4) is 0 Å². The molecule has 3 atom stereocenters. The highest BCUT2D eigenvalue weighted by atomic mass is 32.2. The molecule has 2 nitrogen and oxygen atoms in total. The Morgan fingerprint density at radius 2 is 2.11 bits per heavy atom. The van der Waals surface area contributed by atoms with E-state index < -0.39 is 0 Å². The molecule has 0 aromatic heterocycles. The van der Waals surface area contributed by atoms with Crippen molar-refractivity contribution in [3.05, 3.63) is 29.8 Å². The van der Waals surface area contributed by atoms with E-state index in [1.54, 1.807) is 0 Å². The highest BCUT2D eigenvalue weighted by Gasteiger charge is 2.28. The van der Waals surface area contributed by atoms with Gasteiger partial charge >= 0.3 is 0 Å². The Kier molecular flexibility index (Phi) is 3.80. The van der Waals surface area contributed by atoms with Crippen molar-refractivity contribution in [1.29, 1.82) is 0 Å². The minimum absolute atomic E-state index is 0.487. The maximum absolute atomic E-state index is 5.72. The molecule has 1 saturated carbocycles. The lowest BCUT2D eigenvalue weighted by Gasteiger charge is -2.29. The van der Waals surface area contributed by atoms with E-state index in [0.29, 0.717) is 12.1 Å². The van der Waals surface area contributed by atoms with Gasteiger partial charge in [-0.3, -0.25) is 0 Å². The standard InChI is InChI=1S/C15H21NOS/c1-18-12-7-6-11(10-12)16-14-8-9-17-15-5-3-2-4-13(14)15/h2-5,11-12,14,16H,6-10H2,1H3. The molecule has 0 spiro atoms. The number of rotatable bonds is 3. The van der Waals surface area contributed by atoms with Gasteiger partial charge in [0.1, 0.15) is 5.75 Å². The number of ether oxygens (including phenoxy) is 1. The van der Waals surface area contributed by atoms with Crippen molar-refractivity contribution in [3.63, 3.8) is 0 Å². The van der Waals surface area contributed by atoms with Gasteiger partial charge in [0.05, 0.1) is 6.61 Å². The molecule has 0 amide bonds. The zero-order valence-corrected chi connectivity index (χ0v) is 11.7. The summed E-state index contributed by atoms with van der Waals surface area (Å²) in [5, 5.41) is 4.70. The lowest BCUT2D eigenvalue weighted by atomic mass is 9.99. The van der Waals surface area contributed by atoms with Gasteiger partial charge in [0.15, 0.2) is 0 Å².